The molecule has 0 aromatic heterocycles. The first-order valence-electron chi connectivity index (χ1n) is 5.43. The minimum atomic E-state index is -0.890. The van der Waals surface area contributed by atoms with E-state index >= 15 is 0 Å². The number of carbonyl (C=O) groups is 3. The number of hydrogen-bond acceptors (Lipinski definition) is 4. The third kappa shape index (κ3) is 3.42. The first-order chi connectivity index (χ1) is 7.95. The molecule has 7 nitrogen and oxygen atoms in total. The lowest BCUT2D eigenvalue weighted by Crippen LogP contribution is -2.41. The van der Waals surface area contributed by atoms with E-state index in [4.69, 9.17) is 10.8 Å². The summed E-state index contributed by atoms with van der Waals surface area (Å²) in [7, 11) is 0. The molecule has 4 N–H and O–H groups in total. The van der Waals surface area contributed by atoms with Crippen LogP contribution in [-0.2, 0) is 14.4 Å². The second-order valence-electron chi connectivity index (χ2n) is 4.20. The number of carboxylic acid groups (broad SMARTS) is 1. The lowest BCUT2D eigenvalue weighted by atomic mass is 9.99. The Balaban J connectivity index is 2.45. The molecule has 2 amide bonds. The van der Waals surface area contributed by atoms with Crippen LogP contribution in [0.4, 0.5) is 0 Å². The van der Waals surface area contributed by atoms with Crippen molar-refractivity contribution in [2.45, 2.75) is 6.92 Å². The zero-order valence-corrected chi connectivity index (χ0v) is 9.68. The SMILES string of the molecule is CC1CN(C(=O)CNC(=O)CN)CC1C(=O)O. The molecule has 0 spiro atoms. The smallest absolute Gasteiger partial charge is 0.308 e. The van der Waals surface area contributed by atoms with Gasteiger partial charge in [-0.2, -0.15) is 0 Å². The lowest BCUT2D eigenvalue weighted by Gasteiger charge is -2.15. The number of carbonyl (C=O) groups excluding carboxylic acids is 2. The fourth-order valence-corrected chi connectivity index (χ4v) is 1.85. The molecule has 1 saturated heterocycles. The molecule has 0 saturated carbocycles. The fraction of sp³-hybridized carbons (Fsp3) is 0.700. The van der Waals surface area contributed by atoms with Gasteiger partial charge in [0.2, 0.25) is 11.8 Å². The highest BCUT2D eigenvalue weighted by Crippen LogP contribution is 2.22. The van der Waals surface area contributed by atoms with Gasteiger partial charge in [-0.05, 0) is 5.92 Å². The Morgan fingerprint density at radius 1 is 1.41 bits per heavy atom. The summed E-state index contributed by atoms with van der Waals surface area (Å²) in [4.78, 5) is 34.9. The Morgan fingerprint density at radius 3 is 2.53 bits per heavy atom. The van der Waals surface area contributed by atoms with Gasteiger partial charge in [0.25, 0.3) is 0 Å². The van der Waals surface area contributed by atoms with Crippen molar-refractivity contribution in [3.8, 4) is 0 Å². The van der Waals surface area contributed by atoms with E-state index in [-0.39, 0.29) is 31.5 Å². The maximum absolute atomic E-state index is 11.7. The number of likely N-dealkylation sites (tertiary alicyclic amines) is 1. The Morgan fingerprint density at radius 2 is 2.06 bits per heavy atom. The largest absolute Gasteiger partial charge is 0.481 e. The van der Waals surface area contributed by atoms with E-state index in [2.05, 4.69) is 5.32 Å². The molecule has 2 unspecified atom stereocenters. The fourth-order valence-electron chi connectivity index (χ4n) is 1.85. The first-order valence-corrected chi connectivity index (χ1v) is 5.43. The van der Waals surface area contributed by atoms with Gasteiger partial charge in [-0.1, -0.05) is 6.92 Å². The van der Waals surface area contributed by atoms with Crippen LogP contribution in [0.5, 0.6) is 0 Å². The predicted octanol–water partition coefficient (Wildman–Crippen LogP) is -1.76. The third-order valence-corrected chi connectivity index (χ3v) is 2.90. The van der Waals surface area contributed by atoms with Crippen LogP contribution in [0.25, 0.3) is 0 Å². The van der Waals surface area contributed by atoms with Crippen LogP contribution in [-0.4, -0.2) is 54.0 Å². The Kier molecular flexibility index (Phi) is 4.45. The monoisotopic (exact) mass is 243 g/mol. The molecule has 0 aliphatic carbocycles. The zero-order valence-electron chi connectivity index (χ0n) is 9.68. The normalized spacial score (nSPS) is 23.5. The molecule has 0 aromatic carbocycles. The molecule has 1 heterocycles. The molecule has 96 valence electrons. The highest BCUT2D eigenvalue weighted by atomic mass is 16.4. The molecule has 17 heavy (non-hydrogen) atoms. The summed E-state index contributed by atoms with van der Waals surface area (Å²) in [6.45, 7) is 2.11. The summed E-state index contributed by atoms with van der Waals surface area (Å²) < 4.78 is 0. The van der Waals surface area contributed by atoms with Crippen LogP contribution in [0.15, 0.2) is 0 Å². The number of nitrogens with two attached hydrogens (primary N) is 1. The molecular formula is C10H17N3O4. The van der Waals surface area contributed by atoms with E-state index in [1.165, 1.54) is 4.90 Å². The number of rotatable bonds is 4. The molecule has 1 aliphatic heterocycles. The van der Waals surface area contributed by atoms with Gasteiger partial charge in [0.05, 0.1) is 19.0 Å². The minimum Gasteiger partial charge on any atom is -0.481 e. The molecule has 2 atom stereocenters. The van der Waals surface area contributed by atoms with Crippen molar-refractivity contribution in [1.82, 2.24) is 10.2 Å². The topological polar surface area (TPSA) is 113 Å². The van der Waals surface area contributed by atoms with Gasteiger partial charge in [0.15, 0.2) is 0 Å². The van der Waals surface area contributed by atoms with Gasteiger partial charge >= 0.3 is 5.97 Å². The van der Waals surface area contributed by atoms with Gasteiger partial charge in [-0.3, -0.25) is 14.4 Å². The van der Waals surface area contributed by atoms with E-state index < -0.39 is 17.8 Å². The molecule has 1 fully saturated rings. The lowest BCUT2D eigenvalue weighted by molar-refractivity contribution is -0.142. The number of hydrogen-bond donors (Lipinski definition) is 3. The van der Waals surface area contributed by atoms with Crippen molar-refractivity contribution in [1.29, 1.82) is 0 Å². The molecule has 0 bridgehead atoms. The second-order valence-corrected chi connectivity index (χ2v) is 4.20. The minimum absolute atomic E-state index is 0.0679. The Bertz CT molecular complexity index is 332. The Labute approximate surface area is 98.9 Å². The van der Waals surface area contributed by atoms with E-state index in [0.29, 0.717) is 6.54 Å². The van der Waals surface area contributed by atoms with E-state index in [1.807, 2.05) is 0 Å². The quantitative estimate of drug-likeness (QED) is 0.541. The molecule has 7 heteroatoms. The molecule has 1 rings (SSSR count). The highest BCUT2D eigenvalue weighted by Gasteiger charge is 2.36. The van der Waals surface area contributed by atoms with Crippen LogP contribution in [0, 0.1) is 11.8 Å². The van der Waals surface area contributed by atoms with Gasteiger partial charge in [0, 0.05) is 13.1 Å². The number of amides is 2. The van der Waals surface area contributed by atoms with E-state index in [9.17, 15) is 14.4 Å². The van der Waals surface area contributed by atoms with Crippen LogP contribution >= 0.6 is 0 Å². The van der Waals surface area contributed by atoms with Gasteiger partial charge in [-0.25, -0.2) is 0 Å². The van der Waals surface area contributed by atoms with Crippen molar-refractivity contribution in [2.24, 2.45) is 17.6 Å². The maximum Gasteiger partial charge on any atom is 0.308 e. The summed E-state index contributed by atoms with van der Waals surface area (Å²) >= 11 is 0. The zero-order chi connectivity index (χ0) is 13.0. The number of carboxylic acids is 1. The Hall–Kier alpha value is -1.63. The first kappa shape index (κ1) is 13.4. The van der Waals surface area contributed by atoms with Crippen molar-refractivity contribution in [3.05, 3.63) is 0 Å². The molecular weight excluding hydrogens is 226 g/mol. The van der Waals surface area contributed by atoms with Crippen molar-refractivity contribution in [3.63, 3.8) is 0 Å². The summed E-state index contributed by atoms with van der Waals surface area (Å²) in [5.41, 5.74) is 5.08. The standard InChI is InChI=1S/C10H17N3O4/c1-6-4-13(5-7(6)10(16)17)9(15)3-12-8(14)2-11/h6-7H,2-5,11H2,1H3,(H,12,14)(H,16,17). The average Bonchev–Trinajstić information content (AvgIpc) is 2.67. The van der Waals surface area contributed by atoms with Crippen molar-refractivity contribution in [2.75, 3.05) is 26.2 Å². The van der Waals surface area contributed by atoms with Crippen molar-refractivity contribution >= 4 is 17.8 Å². The summed E-state index contributed by atoms with van der Waals surface area (Å²) in [5, 5.41) is 11.3. The van der Waals surface area contributed by atoms with Crippen LogP contribution in [0.3, 0.4) is 0 Å². The van der Waals surface area contributed by atoms with Crippen LogP contribution in [0.2, 0.25) is 0 Å². The van der Waals surface area contributed by atoms with Gasteiger partial charge < -0.3 is 21.1 Å². The summed E-state index contributed by atoms with van der Waals surface area (Å²) in [6.07, 6.45) is 0. The van der Waals surface area contributed by atoms with Crippen LogP contribution < -0.4 is 11.1 Å². The number of nitrogens with one attached hydrogen (secondary N) is 1. The third-order valence-electron chi connectivity index (χ3n) is 2.90. The second kappa shape index (κ2) is 5.62. The maximum atomic E-state index is 11.7. The van der Waals surface area contributed by atoms with Gasteiger partial charge in [-0.15, -0.1) is 0 Å². The summed E-state index contributed by atoms with van der Waals surface area (Å²) in [5.74, 6) is -2.16. The number of nitrogens with zero attached hydrogens (tertiary/aromatic N) is 1. The van der Waals surface area contributed by atoms with Crippen LogP contribution in [0.1, 0.15) is 6.92 Å². The van der Waals surface area contributed by atoms with E-state index in [1.54, 1.807) is 6.92 Å². The average molecular weight is 243 g/mol. The van der Waals surface area contributed by atoms with Gasteiger partial charge in [0.1, 0.15) is 0 Å². The highest BCUT2D eigenvalue weighted by molar-refractivity contribution is 5.86. The number of aliphatic carboxylic acids is 1. The van der Waals surface area contributed by atoms with Crippen molar-refractivity contribution < 1.29 is 19.5 Å². The molecule has 0 radical (unpaired) electrons. The predicted molar refractivity (Wildman–Crippen MR) is 58.9 cm³/mol. The molecule has 1 aliphatic rings. The van der Waals surface area contributed by atoms with E-state index in [0.717, 1.165) is 0 Å². The summed E-state index contributed by atoms with van der Waals surface area (Å²) in [6, 6.07) is 0. The molecule has 0 aromatic rings.